The number of ether oxygens (including phenoxy) is 1. The molecule has 18 heavy (non-hydrogen) atoms. The van der Waals surface area contributed by atoms with Gasteiger partial charge < -0.3 is 4.74 Å². The maximum atomic E-state index is 6.13. The number of likely N-dealkylation sites (tertiary alicyclic amines) is 1. The van der Waals surface area contributed by atoms with Gasteiger partial charge in [0.25, 0.3) is 0 Å². The van der Waals surface area contributed by atoms with Crippen molar-refractivity contribution in [3.05, 3.63) is 35.9 Å². The molecule has 1 aliphatic heterocycles. The van der Waals surface area contributed by atoms with E-state index >= 15 is 0 Å². The largest absolute Gasteiger partial charge is 0.359 e. The predicted molar refractivity (Wildman–Crippen MR) is 75.5 cm³/mol. The molecule has 1 aromatic rings. The average Bonchev–Trinajstić information content (AvgIpc) is 2.46. The first-order valence-corrected chi connectivity index (χ1v) is 7.32. The monoisotopic (exact) mass is 247 g/mol. The third-order valence-corrected chi connectivity index (χ3v) is 3.58. The van der Waals surface area contributed by atoms with Crippen LogP contribution in [-0.2, 0) is 4.74 Å². The minimum Gasteiger partial charge on any atom is -0.359 e. The Morgan fingerprint density at radius 1 is 1.11 bits per heavy atom. The zero-order valence-electron chi connectivity index (χ0n) is 11.5. The summed E-state index contributed by atoms with van der Waals surface area (Å²) < 4.78 is 6.13. The van der Waals surface area contributed by atoms with Crippen LogP contribution in [0.3, 0.4) is 0 Å². The summed E-state index contributed by atoms with van der Waals surface area (Å²) in [6, 6.07) is 10.7. The third-order valence-electron chi connectivity index (χ3n) is 3.58. The van der Waals surface area contributed by atoms with Crippen LogP contribution in [0.2, 0.25) is 0 Å². The van der Waals surface area contributed by atoms with E-state index in [4.69, 9.17) is 4.74 Å². The van der Waals surface area contributed by atoms with Crippen molar-refractivity contribution < 1.29 is 4.74 Å². The summed E-state index contributed by atoms with van der Waals surface area (Å²) in [4.78, 5) is 2.49. The van der Waals surface area contributed by atoms with Gasteiger partial charge in [-0.25, -0.2) is 0 Å². The molecule has 1 atom stereocenters. The van der Waals surface area contributed by atoms with Gasteiger partial charge in [0.15, 0.2) is 0 Å². The smallest absolute Gasteiger partial charge is 0.136 e. The van der Waals surface area contributed by atoms with Crippen molar-refractivity contribution in [1.29, 1.82) is 0 Å². The zero-order valence-corrected chi connectivity index (χ0v) is 11.5. The molecule has 0 amide bonds. The molecule has 0 unspecified atom stereocenters. The van der Waals surface area contributed by atoms with Crippen LogP contribution in [0.15, 0.2) is 30.3 Å². The van der Waals surface area contributed by atoms with Crippen molar-refractivity contribution in [2.24, 2.45) is 0 Å². The third kappa shape index (κ3) is 3.82. The lowest BCUT2D eigenvalue weighted by atomic mass is 10.1. The zero-order chi connectivity index (χ0) is 12.6. The molecule has 1 aromatic carbocycles. The van der Waals surface area contributed by atoms with Crippen molar-refractivity contribution >= 4 is 0 Å². The molecular weight excluding hydrogens is 222 g/mol. The minimum absolute atomic E-state index is 0.165. The molecule has 2 heteroatoms. The van der Waals surface area contributed by atoms with Crippen molar-refractivity contribution in [2.75, 3.05) is 19.7 Å². The van der Waals surface area contributed by atoms with Crippen LogP contribution >= 0.6 is 0 Å². The summed E-state index contributed by atoms with van der Waals surface area (Å²) in [5.41, 5.74) is 1.30. The molecule has 0 bridgehead atoms. The van der Waals surface area contributed by atoms with Crippen molar-refractivity contribution in [2.45, 2.75) is 45.3 Å². The van der Waals surface area contributed by atoms with E-state index in [9.17, 15) is 0 Å². The average molecular weight is 247 g/mol. The van der Waals surface area contributed by atoms with Gasteiger partial charge in [0.2, 0.25) is 0 Å². The van der Waals surface area contributed by atoms with Crippen LogP contribution in [0.1, 0.15) is 50.8 Å². The molecular formula is C16H25NO. The fourth-order valence-corrected chi connectivity index (χ4v) is 2.52. The summed E-state index contributed by atoms with van der Waals surface area (Å²) in [5.74, 6) is 0. The van der Waals surface area contributed by atoms with E-state index in [0.717, 1.165) is 13.0 Å². The Labute approximate surface area is 111 Å². The standard InChI is InChI=1S/C16H25NO/c1-2-3-14-18-16(15-10-6-4-7-11-15)17-12-8-5-9-13-17/h4,6-7,10-11,16H,2-3,5,8-9,12-14H2,1H3/t16-/m1/s1. The van der Waals surface area contributed by atoms with E-state index in [0.29, 0.717) is 0 Å². The van der Waals surface area contributed by atoms with Gasteiger partial charge in [-0.1, -0.05) is 50.1 Å². The van der Waals surface area contributed by atoms with E-state index in [1.165, 1.54) is 44.3 Å². The Kier molecular flexibility index (Phi) is 5.69. The second-order valence-electron chi connectivity index (χ2n) is 5.08. The highest BCUT2D eigenvalue weighted by atomic mass is 16.5. The number of nitrogens with zero attached hydrogens (tertiary/aromatic N) is 1. The molecule has 0 radical (unpaired) electrons. The number of hydrogen-bond donors (Lipinski definition) is 0. The minimum atomic E-state index is 0.165. The molecule has 0 N–H and O–H groups in total. The predicted octanol–water partition coefficient (Wildman–Crippen LogP) is 3.99. The summed E-state index contributed by atoms with van der Waals surface area (Å²) in [5, 5.41) is 0. The first-order chi connectivity index (χ1) is 8.92. The van der Waals surface area contributed by atoms with Gasteiger partial charge in [-0.3, -0.25) is 4.90 Å². The summed E-state index contributed by atoms with van der Waals surface area (Å²) >= 11 is 0. The van der Waals surface area contributed by atoms with E-state index in [-0.39, 0.29) is 6.23 Å². The van der Waals surface area contributed by atoms with E-state index in [1.807, 2.05) is 0 Å². The van der Waals surface area contributed by atoms with Gasteiger partial charge in [-0.05, 0) is 24.8 Å². The van der Waals surface area contributed by atoms with E-state index in [1.54, 1.807) is 0 Å². The Hall–Kier alpha value is -0.860. The van der Waals surface area contributed by atoms with Crippen LogP contribution in [0, 0.1) is 0 Å². The molecule has 1 fully saturated rings. The molecule has 1 aliphatic rings. The van der Waals surface area contributed by atoms with Gasteiger partial charge in [0.05, 0.1) is 0 Å². The van der Waals surface area contributed by atoms with E-state index in [2.05, 4.69) is 42.2 Å². The summed E-state index contributed by atoms with van der Waals surface area (Å²) in [7, 11) is 0. The van der Waals surface area contributed by atoms with Crippen molar-refractivity contribution in [1.82, 2.24) is 4.90 Å². The topological polar surface area (TPSA) is 12.5 Å². The fraction of sp³-hybridized carbons (Fsp3) is 0.625. The molecule has 0 aromatic heterocycles. The van der Waals surface area contributed by atoms with Gasteiger partial charge >= 0.3 is 0 Å². The van der Waals surface area contributed by atoms with Crippen LogP contribution in [0.25, 0.3) is 0 Å². The number of unbranched alkanes of at least 4 members (excludes halogenated alkanes) is 1. The molecule has 1 heterocycles. The van der Waals surface area contributed by atoms with Gasteiger partial charge in [-0.15, -0.1) is 0 Å². The van der Waals surface area contributed by atoms with Gasteiger partial charge in [0, 0.05) is 19.7 Å². The first-order valence-electron chi connectivity index (χ1n) is 7.32. The SMILES string of the molecule is CCCCO[C@H](c1ccccc1)N1CCCCC1. The fourth-order valence-electron chi connectivity index (χ4n) is 2.52. The van der Waals surface area contributed by atoms with E-state index < -0.39 is 0 Å². The van der Waals surface area contributed by atoms with Crippen LogP contribution < -0.4 is 0 Å². The molecule has 0 spiro atoms. The molecule has 1 saturated heterocycles. The summed E-state index contributed by atoms with van der Waals surface area (Å²) in [6.07, 6.45) is 6.49. The quantitative estimate of drug-likeness (QED) is 0.705. The number of piperidine rings is 1. The maximum absolute atomic E-state index is 6.13. The van der Waals surface area contributed by atoms with Crippen LogP contribution in [-0.4, -0.2) is 24.6 Å². The highest BCUT2D eigenvalue weighted by Gasteiger charge is 2.22. The first kappa shape index (κ1) is 13.6. The van der Waals surface area contributed by atoms with Gasteiger partial charge in [-0.2, -0.15) is 0 Å². The highest BCUT2D eigenvalue weighted by Crippen LogP contribution is 2.25. The van der Waals surface area contributed by atoms with Gasteiger partial charge in [0.1, 0.15) is 6.23 Å². The van der Waals surface area contributed by atoms with Crippen molar-refractivity contribution in [3.8, 4) is 0 Å². The Morgan fingerprint density at radius 2 is 1.83 bits per heavy atom. The Balaban J connectivity index is 2.01. The molecule has 0 saturated carbocycles. The maximum Gasteiger partial charge on any atom is 0.136 e. The number of benzene rings is 1. The number of rotatable bonds is 6. The Morgan fingerprint density at radius 3 is 2.50 bits per heavy atom. The second kappa shape index (κ2) is 7.55. The number of hydrogen-bond acceptors (Lipinski definition) is 2. The lowest BCUT2D eigenvalue weighted by molar-refractivity contribution is -0.0708. The van der Waals surface area contributed by atoms with Crippen LogP contribution in [0.5, 0.6) is 0 Å². The molecule has 0 aliphatic carbocycles. The Bertz CT molecular complexity index is 319. The molecule has 2 rings (SSSR count). The lowest BCUT2D eigenvalue weighted by Gasteiger charge is -2.34. The normalized spacial score (nSPS) is 18.7. The highest BCUT2D eigenvalue weighted by molar-refractivity contribution is 5.17. The summed E-state index contributed by atoms with van der Waals surface area (Å²) in [6.45, 7) is 5.42. The molecule has 100 valence electrons. The van der Waals surface area contributed by atoms with Crippen molar-refractivity contribution in [3.63, 3.8) is 0 Å². The second-order valence-corrected chi connectivity index (χ2v) is 5.08. The lowest BCUT2D eigenvalue weighted by Crippen LogP contribution is -2.35. The molecule has 2 nitrogen and oxygen atoms in total. The van der Waals surface area contributed by atoms with Crippen LogP contribution in [0.4, 0.5) is 0 Å².